The second-order valence-corrected chi connectivity index (χ2v) is 7.34. The molecular weight excluding hydrogens is 294 g/mol. The number of esters is 2. The first-order valence-electron chi connectivity index (χ1n) is 8.87. The highest BCUT2D eigenvalue weighted by Gasteiger charge is 2.50. The van der Waals surface area contributed by atoms with Crippen molar-refractivity contribution in [1.82, 2.24) is 5.32 Å². The Labute approximate surface area is 137 Å². The highest BCUT2D eigenvalue weighted by Crippen LogP contribution is 2.55. The lowest BCUT2D eigenvalue weighted by atomic mass is 9.53. The highest BCUT2D eigenvalue weighted by molar-refractivity contribution is 6.13. The second kappa shape index (κ2) is 6.54. The van der Waals surface area contributed by atoms with Crippen molar-refractivity contribution in [3.05, 3.63) is 11.8 Å². The van der Waals surface area contributed by atoms with E-state index in [9.17, 15) is 9.59 Å². The van der Waals surface area contributed by atoms with Gasteiger partial charge < -0.3 is 14.8 Å². The normalized spacial score (nSPS) is 33.9. The maximum absolute atomic E-state index is 12.0. The molecule has 0 heterocycles. The molecule has 0 aliphatic heterocycles. The quantitative estimate of drug-likeness (QED) is 0.352. The fourth-order valence-electron chi connectivity index (χ4n) is 5.13. The topological polar surface area (TPSA) is 64.6 Å². The molecule has 0 saturated heterocycles. The molecule has 0 unspecified atom stereocenters. The molecule has 0 aromatic heterocycles. The van der Waals surface area contributed by atoms with Crippen LogP contribution < -0.4 is 5.32 Å². The SMILES string of the molecule is CCOC(=O)C(=CNC12CC3CC(CC(C3)C1)C2)C(=O)OCC. The summed E-state index contributed by atoms with van der Waals surface area (Å²) in [4.78, 5) is 24.1. The minimum atomic E-state index is -0.608. The Hall–Kier alpha value is -1.52. The maximum atomic E-state index is 12.0. The zero-order valence-corrected chi connectivity index (χ0v) is 14.1. The van der Waals surface area contributed by atoms with Crippen LogP contribution in [0.2, 0.25) is 0 Å². The van der Waals surface area contributed by atoms with E-state index in [-0.39, 0.29) is 24.3 Å². The fourth-order valence-corrected chi connectivity index (χ4v) is 5.13. The van der Waals surface area contributed by atoms with Gasteiger partial charge in [0.05, 0.1) is 13.2 Å². The molecule has 0 aromatic carbocycles. The lowest BCUT2D eigenvalue weighted by Gasteiger charge is -2.57. The smallest absolute Gasteiger partial charge is 0.347 e. The second-order valence-electron chi connectivity index (χ2n) is 7.34. The van der Waals surface area contributed by atoms with Crippen LogP contribution in [0.1, 0.15) is 52.4 Å². The van der Waals surface area contributed by atoms with Gasteiger partial charge in [-0.3, -0.25) is 0 Å². The molecule has 0 radical (unpaired) electrons. The van der Waals surface area contributed by atoms with Gasteiger partial charge in [-0.15, -0.1) is 0 Å². The van der Waals surface area contributed by atoms with Crippen LogP contribution in [0.3, 0.4) is 0 Å². The molecule has 5 nitrogen and oxygen atoms in total. The Morgan fingerprint density at radius 3 is 1.78 bits per heavy atom. The molecule has 4 saturated carbocycles. The number of ether oxygens (including phenoxy) is 2. The van der Waals surface area contributed by atoms with E-state index >= 15 is 0 Å². The van der Waals surface area contributed by atoms with E-state index in [1.54, 1.807) is 20.0 Å². The Morgan fingerprint density at radius 1 is 0.957 bits per heavy atom. The molecule has 4 aliphatic rings. The van der Waals surface area contributed by atoms with Crippen LogP contribution in [0.4, 0.5) is 0 Å². The summed E-state index contributed by atoms with van der Waals surface area (Å²) in [5.41, 5.74) is 0.0309. The number of hydrogen-bond acceptors (Lipinski definition) is 5. The third kappa shape index (κ3) is 3.38. The molecule has 23 heavy (non-hydrogen) atoms. The summed E-state index contributed by atoms with van der Waals surface area (Å²) in [5.74, 6) is 1.19. The summed E-state index contributed by atoms with van der Waals surface area (Å²) >= 11 is 0. The molecule has 0 aromatic rings. The summed E-state index contributed by atoms with van der Waals surface area (Å²) in [6.07, 6.45) is 9.06. The Kier molecular flexibility index (Phi) is 4.64. The van der Waals surface area contributed by atoms with Gasteiger partial charge in [0.1, 0.15) is 0 Å². The van der Waals surface area contributed by atoms with Crippen LogP contribution in [-0.4, -0.2) is 30.7 Å². The fraction of sp³-hybridized carbons (Fsp3) is 0.778. The summed E-state index contributed by atoms with van der Waals surface area (Å²) in [6, 6.07) is 0. The maximum Gasteiger partial charge on any atom is 0.347 e. The third-order valence-electron chi connectivity index (χ3n) is 5.55. The van der Waals surface area contributed by atoms with E-state index in [2.05, 4.69) is 5.32 Å². The van der Waals surface area contributed by atoms with Gasteiger partial charge >= 0.3 is 11.9 Å². The van der Waals surface area contributed by atoms with Gasteiger partial charge in [-0.2, -0.15) is 0 Å². The molecule has 0 amide bonds. The minimum Gasteiger partial charge on any atom is -0.462 e. The Bertz CT molecular complexity index is 456. The molecule has 0 spiro atoms. The third-order valence-corrected chi connectivity index (χ3v) is 5.55. The molecule has 0 atom stereocenters. The van der Waals surface area contributed by atoms with E-state index in [1.165, 1.54) is 19.3 Å². The molecule has 128 valence electrons. The van der Waals surface area contributed by atoms with Gasteiger partial charge in [-0.25, -0.2) is 9.59 Å². The molecule has 4 aliphatic carbocycles. The van der Waals surface area contributed by atoms with Crippen LogP contribution >= 0.6 is 0 Å². The van der Waals surface area contributed by atoms with Crippen LogP contribution in [-0.2, 0) is 19.1 Å². The van der Waals surface area contributed by atoms with Crippen molar-refractivity contribution in [2.45, 2.75) is 57.9 Å². The Morgan fingerprint density at radius 2 is 1.39 bits per heavy atom. The van der Waals surface area contributed by atoms with Gasteiger partial charge in [0.15, 0.2) is 5.57 Å². The van der Waals surface area contributed by atoms with Crippen molar-refractivity contribution >= 4 is 11.9 Å². The van der Waals surface area contributed by atoms with Gasteiger partial charge in [0, 0.05) is 11.7 Å². The lowest BCUT2D eigenvalue weighted by Crippen LogP contribution is -2.57. The van der Waals surface area contributed by atoms with Crippen LogP contribution in [0.5, 0.6) is 0 Å². The van der Waals surface area contributed by atoms with Gasteiger partial charge in [0.2, 0.25) is 0 Å². The monoisotopic (exact) mass is 321 g/mol. The standard InChI is InChI=1S/C18H27NO4/c1-3-22-16(20)15(17(21)23-4-2)11-19-18-8-12-5-13(9-18)7-14(6-12)10-18/h11-14,19H,3-10H2,1-2H3. The van der Waals surface area contributed by atoms with Crippen molar-refractivity contribution in [3.8, 4) is 0 Å². The first-order valence-corrected chi connectivity index (χ1v) is 8.87. The van der Waals surface area contributed by atoms with Crippen molar-refractivity contribution in [2.24, 2.45) is 17.8 Å². The predicted octanol–water partition coefficient (Wildman–Crippen LogP) is 2.55. The average molecular weight is 321 g/mol. The van der Waals surface area contributed by atoms with E-state index in [0.29, 0.717) is 0 Å². The van der Waals surface area contributed by atoms with Gasteiger partial charge in [0.25, 0.3) is 0 Å². The van der Waals surface area contributed by atoms with E-state index < -0.39 is 11.9 Å². The van der Waals surface area contributed by atoms with Crippen molar-refractivity contribution < 1.29 is 19.1 Å². The average Bonchev–Trinajstić information content (AvgIpc) is 2.46. The molecule has 4 bridgehead atoms. The number of carbonyl (C=O) groups is 2. The van der Waals surface area contributed by atoms with Crippen LogP contribution in [0.25, 0.3) is 0 Å². The van der Waals surface area contributed by atoms with Gasteiger partial charge in [-0.1, -0.05) is 0 Å². The zero-order valence-electron chi connectivity index (χ0n) is 14.1. The number of hydrogen-bond donors (Lipinski definition) is 1. The first-order chi connectivity index (χ1) is 11.0. The minimum absolute atomic E-state index is 0.0237. The van der Waals surface area contributed by atoms with Crippen molar-refractivity contribution in [1.29, 1.82) is 0 Å². The van der Waals surface area contributed by atoms with E-state index in [1.807, 2.05) is 0 Å². The van der Waals surface area contributed by atoms with Crippen LogP contribution in [0.15, 0.2) is 11.8 Å². The summed E-state index contributed by atoms with van der Waals surface area (Å²) in [7, 11) is 0. The molecule has 4 rings (SSSR count). The predicted molar refractivity (Wildman–Crippen MR) is 85.4 cm³/mol. The van der Waals surface area contributed by atoms with E-state index in [0.717, 1.165) is 37.0 Å². The zero-order chi connectivity index (χ0) is 16.4. The Balaban J connectivity index is 1.74. The molecule has 4 fully saturated rings. The molecule has 5 heteroatoms. The summed E-state index contributed by atoms with van der Waals surface area (Å²) in [5, 5.41) is 3.44. The lowest BCUT2D eigenvalue weighted by molar-refractivity contribution is -0.146. The van der Waals surface area contributed by atoms with Crippen LogP contribution in [0, 0.1) is 17.8 Å². The number of nitrogens with one attached hydrogen (secondary N) is 1. The highest BCUT2D eigenvalue weighted by atomic mass is 16.6. The van der Waals surface area contributed by atoms with Crippen molar-refractivity contribution in [3.63, 3.8) is 0 Å². The number of rotatable bonds is 6. The van der Waals surface area contributed by atoms with Gasteiger partial charge in [-0.05, 0) is 70.1 Å². The summed E-state index contributed by atoms with van der Waals surface area (Å²) in [6.45, 7) is 3.94. The molecule has 1 N–H and O–H groups in total. The van der Waals surface area contributed by atoms with Crippen molar-refractivity contribution in [2.75, 3.05) is 13.2 Å². The number of carbonyl (C=O) groups excluding carboxylic acids is 2. The van der Waals surface area contributed by atoms with E-state index in [4.69, 9.17) is 9.47 Å². The molecular formula is C18H27NO4. The summed E-state index contributed by atoms with van der Waals surface area (Å²) < 4.78 is 9.99. The first kappa shape index (κ1) is 16.3. The largest absolute Gasteiger partial charge is 0.462 e.